The zero-order valence-electron chi connectivity index (χ0n) is 10.5. The summed E-state index contributed by atoms with van der Waals surface area (Å²) < 4.78 is 5.12. The van der Waals surface area contributed by atoms with Gasteiger partial charge < -0.3 is 15.6 Å². The second-order valence-corrected chi connectivity index (χ2v) is 4.03. The molecule has 0 amide bonds. The summed E-state index contributed by atoms with van der Waals surface area (Å²) in [5, 5.41) is 9.72. The van der Waals surface area contributed by atoms with Gasteiger partial charge in [-0.2, -0.15) is 0 Å². The molecule has 0 spiro atoms. The van der Waals surface area contributed by atoms with Gasteiger partial charge >= 0.3 is 0 Å². The van der Waals surface area contributed by atoms with Crippen molar-refractivity contribution >= 4 is 12.4 Å². The molecule has 98 valence electrons. The van der Waals surface area contributed by atoms with Gasteiger partial charge in [-0.3, -0.25) is 0 Å². The third-order valence-corrected chi connectivity index (χ3v) is 2.75. The number of hydrogen-bond acceptors (Lipinski definition) is 3. The molecular weight excluding hydrogens is 238 g/mol. The summed E-state index contributed by atoms with van der Waals surface area (Å²) in [5.74, 6) is 0.989. The van der Waals surface area contributed by atoms with Gasteiger partial charge in [0.25, 0.3) is 0 Å². The van der Waals surface area contributed by atoms with Crippen LogP contribution in [-0.2, 0) is 0 Å². The first-order valence-corrected chi connectivity index (χ1v) is 5.81. The number of phenols is 1. The monoisotopic (exact) mass is 259 g/mol. The highest BCUT2D eigenvalue weighted by atomic mass is 35.5. The van der Waals surface area contributed by atoms with Crippen LogP contribution in [-0.4, -0.2) is 12.2 Å². The lowest BCUT2D eigenvalue weighted by atomic mass is 10.0. The van der Waals surface area contributed by atoms with Gasteiger partial charge in [0.05, 0.1) is 7.11 Å². The highest BCUT2D eigenvalue weighted by Crippen LogP contribution is 2.29. The fourth-order valence-electron chi connectivity index (χ4n) is 1.73. The second-order valence-electron chi connectivity index (χ2n) is 4.03. The number of ether oxygens (including phenoxy) is 1. The standard InChI is InChI=1S/C13H21NO2.ClH/c1-3-4-5-6-12(14)11-9-10(16-2)7-8-13(11)15;/h7-9,12,15H,3-6,14H2,1-2H3;1H/t12-;/m1./s1. The van der Waals surface area contributed by atoms with Crippen LogP contribution in [0.2, 0.25) is 0 Å². The summed E-state index contributed by atoms with van der Waals surface area (Å²) in [4.78, 5) is 0. The number of hydrogen-bond donors (Lipinski definition) is 2. The van der Waals surface area contributed by atoms with E-state index in [1.54, 1.807) is 19.2 Å². The van der Waals surface area contributed by atoms with Crippen molar-refractivity contribution in [2.75, 3.05) is 7.11 Å². The molecule has 1 aromatic rings. The Morgan fingerprint density at radius 2 is 2.06 bits per heavy atom. The van der Waals surface area contributed by atoms with Crippen molar-refractivity contribution in [2.24, 2.45) is 5.73 Å². The van der Waals surface area contributed by atoms with Gasteiger partial charge in [0.1, 0.15) is 11.5 Å². The van der Waals surface area contributed by atoms with Crippen molar-refractivity contribution in [3.63, 3.8) is 0 Å². The quantitative estimate of drug-likeness (QED) is 0.770. The van der Waals surface area contributed by atoms with Crippen molar-refractivity contribution in [3.8, 4) is 11.5 Å². The number of aromatic hydroxyl groups is 1. The smallest absolute Gasteiger partial charge is 0.120 e. The number of unbranched alkanes of at least 4 members (excludes halogenated alkanes) is 2. The largest absolute Gasteiger partial charge is 0.508 e. The van der Waals surface area contributed by atoms with Crippen LogP contribution in [0.15, 0.2) is 18.2 Å². The van der Waals surface area contributed by atoms with Crippen LogP contribution >= 0.6 is 12.4 Å². The molecule has 0 unspecified atom stereocenters. The van der Waals surface area contributed by atoms with Crippen LogP contribution < -0.4 is 10.5 Å². The lowest BCUT2D eigenvalue weighted by Crippen LogP contribution is -2.10. The van der Waals surface area contributed by atoms with E-state index < -0.39 is 0 Å². The van der Waals surface area contributed by atoms with Crippen molar-refractivity contribution in [3.05, 3.63) is 23.8 Å². The molecule has 0 aliphatic heterocycles. The van der Waals surface area contributed by atoms with E-state index >= 15 is 0 Å². The third-order valence-electron chi connectivity index (χ3n) is 2.75. The van der Waals surface area contributed by atoms with Crippen LogP contribution in [0.3, 0.4) is 0 Å². The molecule has 1 rings (SSSR count). The second kappa shape index (κ2) is 8.20. The summed E-state index contributed by atoms with van der Waals surface area (Å²) in [7, 11) is 1.61. The zero-order valence-corrected chi connectivity index (χ0v) is 11.3. The van der Waals surface area contributed by atoms with E-state index in [1.807, 2.05) is 6.07 Å². The number of methoxy groups -OCH3 is 1. The van der Waals surface area contributed by atoms with Gasteiger partial charge in [0.15, 0.2) is 0 Å². The molecule has 0 radical (unpaired) electrons. The lowest BCUT2D eigenvalue weighted by molar-refractivity contribution is 0.408. The Morgan fingerprint density at radius 3 is 2.65 bits per heavy atom. The minimum absolute atomic E-state index is 0. The zero-order chi connectivity index (χ0) is 12.0. The Balaban J connectivity index is 0.00000256. The third kappa shape index (κ3) is 4.84. The molecule has 3 nitrogen and oxygen atoms in total. The molecule has 4 heteroatoms. The van der Waals surface area contributed by atoms with E-state index in [9.17, 15) is 5.11 Å². The van der Waals surface area contributed by atoms with E-state index in [1.165, 1.54) is 12.8 Å². The maximum absolute atomic E-state index is 9.72. The number of halogens is 1. The van der Waals surface area contributed by atoms with Crippen molar-refractivity contribution in [1.82, 2.24) is 0 Å². The first-order valence-electron chi connectivity index (χ1n) is 5.81. The Morgan fingerprint density at radius 1 is 1.35 bits per heavy atom. The van der Waals surface area contributed by atoms with Crippen LogP contribution in [0.4, 0.5) is 0 Å². The van der Waals surface area contributed by atoms with Gasteiger partial charge in [-0.25, -0.2) is 0 Å². The van der Waals surface area contributed by atoms with Gasteiger partial charge in [0.2, 0.25) is 0 Å². The molecule has 0 aliphatic rings. The summed E-state index contributed by atoms with van der Waals surface area (Å²) in [6.07, 6.45) is 4.35. The Bertz CT molecular complexity index is 331. The van der Waals surface area contributed by atoms with Crippen LogP contribution in [0, 0.1) is 0 Å². The Hall–Kier alpha value is -0.930. The predicted octanol–water partition coefficient (Wildman–Crippen LogP) is 3.40. The average molecular weight is 260 g/mol. The SMILES string of the molecule is CCCCC[C@@H](N)c1cc(OC)ccc1O.Cl. The fraction of sp³-hybridized carbons (Fsp3) is 0.538. The van der Waals surface area contributed by atoms with Crippen molar-refractivity contribution < 1.29 is 9.84 Å². The molecule has 0 saturated heterocycles. The minimum atomic E-state index is -0.110. The maximum atomic E-state index is 9.72. The summed E-state index contributed by atoms with van der Waals surface area (Å²) in [5.41, 5.74) is 6.82. The molecule has 3 N–H and O–H groups in total. The lowest BCUT2D eigenvalue weighted by Gasteiger charge is -2.14. The van der Waals surface area contributed by atoms with Gasteiger partial charge in [-0.1, -0.05) is 26.2 Å². The molecule has 17 heavy (non-hydrogen) atoms. The number of rotatable bonds is 6. The highest BCUT2D eigenvalue weighted by molar-refractivity contribution is 5.85. The molecule has 0 saturated carbocycles. The van der Waals surface area contributed by atoms with Crippen LogP contribution in [0.1, 0.15) is 44.2 Å². The van der Waals surface area contributed by atoms with E-state index in [4.69, 9.17) is 10.5 Å². The van der Waals surface area contributed by atoms with E-state index in [2.05, 4.69) is 6.92 Å². The predicted molar refractivity (Wildman–Crippen MR) is 73.0 cm³/mol. The first kappa shape index (κ1) is 16.1. The average Bonchev–Trinajstić information content (AvgIpc) is 2.30. The first-order chi connectivity index (χ1) is 7.69. The van der Waals surface area contributed by atoms with Gasteiger partial charge in [-0.05, 0) is 24.6 Å². The van der Waals surface area contributed by atoms with Crippen LogP contribution in [0.5, 0.6) is 11.5 Å². The molecule has 0 aromatic heterocycles. The van der Waals surface area contributed by atoms with Crippen molar-refractivity contribution in [2.45, 2.75) is 38.6 Å². The van der Waals surface area contributed by atoms with E-state index in [0.717, 1.165) is 24.2 Å². The van der Waals surface area contributed by atoms with Crippen molar-refractivity contribution in [1.29, 1.82) is 0 Å². The summed E-state index contributed by atoms with van der Waals surface area (Å²) in [6.45, 7) is 2.16. The van der Waals surface area contributed by atoms with Gasteiger partial charge in [-0.15, -0.1) is 12.4 Å². The normalized spacial score (nSPS) is 11.7. The molecule has 0 heterocycles. The molecule has 1 atom stereocenters. The Labute approximate surface area is 109 Å². The molecule has 0 fully saturated rings. The van der Waals surface area contributed by atoms with Gasteiger partial charge in [0, 0.05) is 11.6 Å². The van der Waals surface area contributed by atoms with E-state index in [0.29, 0.717) is 0 Å². The highest BCUT2D eigenvalue weighted by Gasteiger charge is 2.11. The molecule has 1 aromatic carbocycles. The molecule has 0 bridgehead atoms. The number of nitrogens with two attached hydrogens (primary N) is 1. The topological polar surface area (TPSA) is 55.5 Å². The Kier molecular flexibility index (Phi) is 7.75. The minimum Gasteiger partial charge on any atom is -0.508 e. The number of phenolic OH excluding ortho intramolecular Hbond substituents is 1. The molecule has 0 aliphatic carbocycles. The van der Waals surface area contributed by atoms with Crippen LogP contribution in [0.25, 0.3) is 0 Å². The maximum Gasteiger partial charge on any atom is 0.120 e. The summed E-state index contributed by atoms with van der Waals surface area (Å²) in [6, 6.07) is 5.07. The fourth-order valence-corrected chi connectivity index (χ4v) is 1.73. The van der Waals surface area contributed by atoms with E-state index in [-0.39, 0.29) is 24.2 Å². The number of benzene rings is 1. The summed E-state index contributed by atoms with van der Waals surface area (Å²) >= 11 is 0. The molecular formula is C13H22ClNO2.